The first kappa shape index (κ1) is 20.8. The van der Waals surface area contributed by atoms with Gasteiger partial charge in [-0.05, 0) is 23.8 Å². The van der Waals surface area contributed by atoms with Gasteiger partial charge in [0.1, 0.15) is 12.4 Å². The van der Waals surface area contributed by atoms with Crippen LogP contribution in [0.1, 0.15) is 16.1 Å². The van der Waals surface area contributed by atoms with E-state index in [0.29, 0.717) is 17.1 Å². The summed E-state index contributed by atoms with van der Waals surface area (Å²) in [6.07, 6.45) is 5.31. The predicted octanol–water partition coefficient (Wildman–Crippen LogP) is 1.99. The molecule has 0 saturated heterocycles. The molecule has 0 aliphatic rings. The summed E-state index contributed by atoms with van der Waals surface area (Å²) in [5, 5.41) is 22.6. The average molecular weight is 434 g/mol. The number of hydrogen-bond acceptors (Lipinski definition) is 8. The first-order chi connectivity index (χ1) is 14.4. The summed E-state index contributed by atoms with van der Waals surface area (Å²) in [4.78, 5) is 22.2. The van der Waals surface area contributed by atoms with Gasteiger partial charge in [-0.2, -0.15) is 15.3 Å². The van der Waals surface area contributed by atoms with Gasteiger partial charge in [0.2, 0.25) is 0 Å². The van der Waals surface area contributed by atoms with Crippen molar-refractivity contribution in [2.75, 3.05) is 7.11 Å². The minimum absolute atomic E-state index is 0.0431. The van der Waals surface area contributed by atoms with E-state index in [1.54, 1.807) is 25.2 Å². The van der Waals surface area contributed by atoms with Crippen molar-refractivity contribution < 1.29 is 19.2 Å². The SMILES string of the molecule is COc1cc(C=NNC(=O)c2nn(C)cc2Cl)ccc1OCn1cc([N+](=O)[O-])cn1. The summed E-state index contributed by atoms with van der Waals surface area (Å²) < 4.78 is 13.6. The van der Waals surface area contributed by atoms with Gasteiger partial charge in [0.15, 0.2) is 23.9 Å². The topological polar surface area (TPSA) is 139 Å². The Balaban J connectivity index is 1.63. The highest BCUT2D eigenvalue weighted by atomic mass is 35.5. The van der Waals surface area contributed by atoms with Crippen LogP contribution in [0.15, 0.2) is 41.9 Å². The van der Waals surface area contributed by atoms with Crippen molar-refractivity contribution in [1.82, 2.24) is 25.0 Å². The zero-order valence-corrected chi connectivity index (χ0v) is 16.6. The molecule has 12 nitrogen and oxygen atoms in total. The van der Waals surface area contributed by atoms with E-state index in [1.165, 1.54) is 35.1 Å². The second-order valence-electron chi connectivity index (χ2n) is 5.88. The zero-order valence-electron chi connectivity index (χ0n) is 15.9. The van der Waals surface area contributed by atoms with Crippen LogP contribution in [0.5, 0.6) is 11.5 Å². The van der Waals surface area contributed by atoms with Gasteiger partial charge < -0.3 is 9.47 Å². The van der Waals surface area contributed by atoms with E-state index in [0.717, 1.165) is 6.20 Å². The van der Waals surface area contributed by atoms with E-state index in [-0.39, 0.29) is 23.1 Å². The number of ether oxygens (including phenoxy) is 2. The third kappa shape index (κ3) is 4.91. The van der Waals surface area contributed by atoms with Crippen LogP contribution in [-0.4, -0.2) is 43.7 Å². The van der Waals surface area contributed by atoms with Crippen LogP contribution >= 0.6 is 11.6 Å². The molecule has 30 heavy (non-hydrogen) atoms. The molecule has 2 aromatic heterocycles. The van der Waals surface area contributed by atoms with E-state index in [1.807, 2.05) is 0 Å². The lowest BCUT2D eigenvalue weighted by Crippen LogP contribution is -2.18. The van der Waals surface area contributed by atoms with Gasteiger partial charge in [0.25, 0.3) is 5.91 Å². The Morgan fingerprint density at radius 1 is 1.40 bits per heavy atom. The molecule has 1 amide bonds. The highest BCUT2D eigenvalue weighted by Gasteiger charge is 2.14. The third-order valence-electron chi connectivity index (χ3n) is 3.75. The summed E-state index contributed by atoms with van der Waals surface area (Å²) >= 11 is 5.92. The third-order valence-corrected chi connectivity index (χ3v) is 4.03. The van der Waals surface area contributed by atoms with Crippen LogP contribution in [0.3, 0.4) is 0 Å². The molecule has 0 saturated carbocycles. The minimum atomic E-state index is -0.544. The van der Waals surface area contributed by atoms with Gasteiger partial charge in [-0.15, -0.1) is 0 Å². The van der Waals surface area contributed by atoms with Gasteiger partial charge in [-0.25, -0.2) is 10.1 Å². The van der Waals surface area contributed by atoms with Crippen LogP contribution < -0.4 is 14.9 Å². The highest BCUT2D eigenvalue weighted by Crippen LogP contribution is 2.28. The molecule has 0 bridgehead atoms. The fourth-order valence-corrected chi connectivity index (χ4v) is 2.63. The number of halogens is 1. The quantitative estimate of drug-likeness (QED) is 0.325. The van der Waals surface area contributed by atoms with E-state index < -0.39 is 10.8 Å². The lowest BCUT2D eigenvalue weighted by molar-refractivity contribution is -0.385. The Hall–Kier alpha value is -3.93. The molecule has 0 unspecified atom stereocenters. The standard InChI is InChI=1S/C17H16ClN7O5/c1-23-9-13(18)16(22-23)17(26)21-19-6-11-3-4-14(15(5-11)29-2)30-10-24-8-12(7-20-24)25(27)28/h3-9H,10H2,1-2H3,(H,21,26). The van der Waals surface area contributed by atoms with E-state index in [4.69, 9.17) is 21.1 Å². The van der Waals surface area contributed by atoms with Crippen molar-refractivity contribution in [2.45, 2.75) is 6.73 Å². The molecular formula is C17H16ClN7O5. The number of rotatable bonds is 8. The number of carbonyl (C=O) groups excluding carboxylic acids is 1. The fraction of sp³-hybridized carbons (Fsp3) is 0.176. The van der Waals surface area contributed by atoms with Crippen LogP contribution in [0.4, 0.5) is 5.69 Å². The highest BCUT2D eigenvalue weighted by molar-refractivity contribution is 6.33. The predicted molar refractivity (Wildman–Crippen MR) is 106 cm³/mol. The van der Waals surface area contributed by atoms with Crippen molar-refractivity contribution in [3.63, 3.8) is 0 Å². The number of amides is 1. The van der Waals surface area contributed by atoms with Crippen molar-refractivity contribution >= 4 is 29.4 Å². The number of carbonyl (C=O) groups is 1. The largest absolute Gasteiger partial charge is 0.493 e. The van der Waals surface area contributed by atoms with Gasteiger partial charge in [-0.1, -0.05) is 11.6 Å². The fourth-order valence-electron chi connectivity index (χ4n) is 2.37. The summed E-state index contributed by atoms with van der Waals surface area (Å²) in [7, 11) is 3.11. The summed E-state index contributed by atoms with van der Waals surface area (Å²) in [5.74, 6) is 0.258. The molecule has 3 aromatic rings. The average Bonchev–Trinajstić information content (AvgIpc) is 3.32. The smallest absolute Gasteiger partial charge is 0.307 e. The molecule has 0 fully saturated rings. The Morgan fingerprint density at radius 3 is 2.83 bits per heavy atom. The number of hydrogen-bond donors (Lipinski definition) is 1. The number of benzene rings is 1. The van der Waals surface area contributed by atoms with Crippen molar-refractivity contribution in [3.8, 4) is 11.5 Å². The second-order valence-corrected chi connectivity index (χ2v) is 6.28. The summed E-state index contributed by atoms with van der Waals surface area (Å²) in [5.41, 5.74) is 2.90. The number of nitrogens with one attached hydrogen (secondary N) is 1. The van der Waals surface area contributed by atoms with Crippen molar-refractivity contribution in [3.05, 3.63) is 63.2 Å². The number of hydrazone groups is 1. The number of nitrogens with zero attached hydrogens (tertiary/aromatic N) is 6. The molecule has 1 aromatic carbocycles. The molecule has 0 aliphatic heterocycles. The Kier molecular flexibility index (Phi) is 6.27. The van der Waals surface area contributed by atoms with Gasteiger partial charge >= 0.3 is 5.69 Å². The number of aryl methyl sites for hydroxylation is 1. The molecule has 13 heteroatoms. The Bertz CT molecular complexity index is 1110. The zero-order chi connectivity index (χ0) is 21.7. The van der Waals surface area contributed by atoms with Crippen LogP contribution in [0, 0.1) is 10.1 Å². The first-order valence-electron chi connectivity index (χ1n) is 8.37. The molecule has 1 N–H and O–H groups in total. The van der Waals surface area contributed by atoms with Crippen LogP contribution in [0.2, 0.25) is 5.02 Å². The molecule has 0 aliphatic carbocycles. The number of methoxy groups -OCH3 is 1. The molecular weight excluding hydrogens is 418 g/mol. The van der Waals surface area contributed by atoms with E-state index >= 15 is 0 Å². The number of aromatic nitrogens is 4. The van der Waals surface area contributed by atoms with Crippen molar-refractivity contribution in [1.29, 1.82) is 0 Å². The molecule has 0 atom stereocenters. The van der Waals surface area contributed by atoms with Gasteiger partial charge in [-0.3, -0.25) is 19.6 Å². The number of nitro groups is 1. The normalized spacial score (nSPS) is 10.9. The van der Waals surface area contributed by atoms with Gasteiger partial charge in [0, 0.05) is 13.2 Å². The monoisotopic (exact) mass is 433 g/mol. The Labute approximate surface area is 174 Å². The maximum Gasteiger partial charge on any atom is 0.307 e. The lowest BCUT2D eigenvalue weighted by atomic mass is 10.2. The first-order valence-corrected chi connectivity index (χ1v) is 8.75. The lowest BCUT2D eigenvalue weighted by Gasteiger charge is -2.11. The maximum atomic E-state index is 12.0. The molecule has 156 valence electrons. The molecule has 0 radical (unpaired) electrons. The minimum Gasteiger partial charge on any atom is -0.493 e. The molecule has 2 heterocycles. The van der Waals surface area contributed by atoms with Crippen molar-refractivity contribution in [2.24, 2.45) is 12.1 Å². The van der Waals surface area contributed by atoms with Gasteiger partial charge in [0.05, 0.1) is 23.3 Å². The maximum absolute atomic E-state index is 12.0. The van der Waals surface area contributed by atoms with E-state index in [2.05, 4.69) is 20.7 Å². The molecule has 0 spiro atoms. The van der Waals surface area contributed by atoms with Crippen LogP contribution in [-0.2, 0) is 13.8 Å². The molecule has 3 rings (SSSR count). The van der Waals surface area contributed by atoms with E-state index in [9.17, 15) is 14.9 Å². The van der Waals surface area contributed by atoms with Crippen LogP contribution in [0.25, 0.3) is 0 Å². The summed E-state index contributed by atoms with van der Waals surface area (Å²) in [6.45, 7) is -0.0431. The summed E-state index contributed by atoms with van der Waals surface area (Å²) in [6, 6.07) is 4.96. The Morgan fingerprint density at radius 2 is 2.20 bits per heavy atom. The second kappa shape index (κ2) is 9.05.